The molecule has 0 amide bonds. The molecule has 304 valence electrons. The number of nitrogens with two attached hydrogens (primary N) is 1. The van der Waals surface area contributed by atoms with Crippen LogP contribution >= 0.6 is 7.75 Å². The third-order valence-electron chi connectivity index (χ3n) is 10.2. The summed E-state index contributed by atoms with van der Waals surface area (Å²) in [6.07, 6.45) is 1.82. The van der Waals surface area contributed by atoms with Gasteiger partial charge in [0.05, 0.1) is 30.7 Å². The standard InChI is InChI=1S/C39H53N6O10P/c1-8-26(9-2)19-50-38(48)25(7)44-56(49,55-30-16-12-14-27-13-10-11-15-28(27)30)51-20-31-33(52-36(46)23(3)4)34(53-37(47)24(5)6)39(21-40,54-31)32-18-17-29-35(41)42-22-43-45(29)32/h12,14,16-18,22-26,31,33-34H,8-11,13,15,19-20H2,1-7H3,(H,44,49)(H2,41,42,43)/t25-,31+,33+,34+,39-,56?/m0/s1. The molecule has 3 aromatic rings. The number of nitrogen functional groups attached to an aromatic ring is 1. The molecule has 6 atom stereocenters. The number of fused-ring (bicyclic) bond motifs is 2. The van der Waals surface area contributed by atoms with Gasteiger partial charge in [-0.3, -0.25) is 18.9 Å². The van der Waals surface area contributed by atoms with Crippen LogP contribution in [0.2, 0.25) is 0 Å². The molecule has 0 bridgehead atoms. The van der Waals surface area contributed by atoms with Crippen molar-refractivity contribution in [1.29, 1.82) is 5.26 Å². The third-order valence-corrected chi connectivity index (χ3v) is 11.8. The second-order valence-electron chi connectivity index (χ2n) is 14.9. The smallest absolute Gasteiger partial charge is 0.459 e. The molecule has 1 aromatic carbocycles. The highest BCUT2D eigenvalue weighted by atomic mass is 31.2. The highest BCUT2D eigenvalue weighted by Crippen LogP contribution is 2.50. The van der Waals surface area contributed by atoms with Gasteiger partial charge in [0.1, 0.15) is 35.8 Å². The average Bonchev–Trinajstić information content (AvgIpc) is 3.74. The quantitative estimate of drug-likeness (QED) is 0.0965. The first-order chi connectivity index (χ1) is 26.7. The van der Waals surface area contributed by atoms with E-state index in [0.717, 1.165) is 43.2 Å². The van der Waals surface area contributed by atoms with Gasteiger partial charge in [-0.2, -0.15) is 15.4 Å². The lowest BCUT2D eigenvalue weighted by molar-refractivity contribution is -0.173. The number of aryl methyl sites for hydroxylation is 1. The number of nitrogens with one attached hydrogen (secondary N) is 1. The van der Waals surface area contributed by atoms with Gasteiger partial charge >= 0.3 is 25.7 Å². The maximum absolute atomic E-state index is 14.9. The Kier molecular flexibility index (Phi) is 13.8. The Balaban J connectivity index is 1.55. The van der Waals surface area contributed by atoms with Crippen LogP contribution in [0.5, 0.6) is 5.75 Å². The van der Waals surface area contributed by atoms with E-state index >= 15 is 0 Å². The summed E-state index contributed by atoms with van der Waals surface area (Å²) in [7, 11) is -4.51. The topological polar surface area (TPSA) is 216 Å². The van der Waals surface area contributed by atoms with Crippen molar-refractivity contribution < 1.29 is 46.9 Å². The van der Waals surface area contributed by atoms with E-state index in [-0.39, 0.29) is 24.0 Å². The number of esters is 3. The summed E-state index contributed by atoms with van der Waals surface area (Å²) in [6, 6.07) is 9.57. The van der Waals surface area contributed by atoms with Gasteiger partial charge in [-0.15, -0.1) is 0 Å². The van der Waals surface area contributed by atoms with Crippen molar-refractivity contribution in [2.45, 2.75) is 117 Å². The first-order valence-electron chi connectivity index (χ1n) is 19.2. The molecule has 0 spiro atoms. The predicted octanol–water partition coefficient (Wildman–Crippen LogP) is 5.60. The van der Waals surface area contributed by atoms with Crippen LogP contribution in [0, 0.1) is 29.1 Å². The number of carbonyl (C=O) groups excluding carboxylic acids is 3. The van der Waals surface area contributed by atoms with Crippen molar-refractivity contribution in [3.63, 3.8) is 0 Å². The third kappa shape index (κ3) is 9.18. The highest BCUT2D eigenvalue weighted by molar-refractivity contribution is 7.52. The lowest BCUT2D eigenvalue weighted by Gasteiger charge is -2.29. The summed E-state index contributed by atoms with van der Waals surface area (Å²) in [5.74, 6) is -2.75. The molecule has 1 fully saturated rings. The number of nitrogens with zero attached hydrogens (tertiary/aromatic N) is 4. The van der Waals surface area contributed by atoms with E-state index in [4.69, 9.17) is 33.7 Å². The number of ether oxygens (including phenoxy) is 4. The van der Waals surface area contributed by atoms with Crippen LogP contribution in [0.15, 0.2) is 36.7 Å². The molecule has 0 radical (unpaired) electrons. The summed E-state index contributed by atoms with van der Waals surface area (Å²) in [5, 5.41) is 18.0. The lowest BCUT2D eigenvalue weighted by atomic mass is 9.91. The SMILES string of the molecule is CCC(CC)COC(=O)[C@H](C)NP(=O)(OC[C@H]1O[C@@](C#N)(c2ccc3c(N)ncnn23)[C@H](OC(=O)C(C)C)[C@@H]1OC(=O)C(C)C)Oc1cccc2c1CCCC2. The van der Waals surface area contributed by atoms with Crippen LogP contribution in [0.3, 0.4) is 0 Å². The predicted molar refractivity (Wildman–Crippen MR) is 204 cm³/mol. The maximum Gasteiger partial charge on any atom is 0.459 e. The van der Waals surface area contributed by atoms with Gasteiger partial charge in [-0.25, -0.2) is 14.1 Å². The largest absolute Gasteiger partial charge is 0.464 e. The van der Waals surface area contributed by atoms with Gasteiger partial charge in [0.2, 0.25) is 5.60 Å². The summed E-state index contributed by atoms with van der Waals surface area (Å²) in [4.78, 5) is 43.8. The normalized spacial score (nSPS) is 22.3. The Bertz CT molecular complexity index is 1980. The Morgan fingerprint density at radius 3 is 2.41 bits per heavy atom. The molecule has 1 unspecified atom stereocenters. The number of hydrogen-bond donors (Lipinski definition) is 2. The Hall–Kier alpha value is -4.55. The molecule has 3 heterocycles. The van der Waals surface area contributed by atoms with Gasteiger partial charge in [-0.1, -0.05) is 66.5 Å². The number of carbonyl (C=O) groups is 3. The molecule has 17 heteroatoms. The van der Waals surface area contributed by atoms with Crippen LogP contribution in [0.25, 0.3) is 5.52 Å². The van der Waals surface area contributed by atoms with E-state index in [1.54, 1.807) is 45.9 Å². The number of hydrogen-bond acceptors (Lipinski definition) is 14. The van der Waals surface area contributed by atoms with E-state index in [9.17, 15) is 24.2 Å². The molecule has 56 heavy (non-hydrogen) atoms. The molecule has 16 nitrogen and oxygen atoms in total. The van der Waals surface area contributed by atoms with Crippen LogP contribution in [-0.2, 0) is 60.9 Å². The minimum Gasteiger partial charge on any atom is -0.464 e. The van der Waals surface area contributed by atoms with E-state index in [1.165, 1.54) is 23.8 Å². The van der Waals surface area contributed by atoms with Crippen molar-refractivity contribution in [1.82, 2.24) is 19.7 Å². The average molecular weight is 797 g/mol. The molecule has 1 saturated heterocycles. The van der Waals surface area contributed by atoms with Gasteiger partial charge in [0, 0.05) is 0 Å². The zero-order valence-electron chi connectivity index (χ0n) is 33.1. The molecule has 5 rings (SSSR count). The van der Waals surface area contributed by atoms with Crippen molar-refractivity contribution in [3.8, 4) is 11.8 Å². The van der Waals surface area contributed by atoms with E-state index in [0.29, 0.717) is 17.7 Å². The molecule has 1 aliphatic carbocycles. The molecule has 2 aliphatic rings. The van der Waals surface area contributed by atoms with Gasteiger partial charge in [0.25, 0.3) is 0 Å². The Morgan fingerprint density at radius 2 is 1.73 bits per heavy atom. The molecule has 3 N–H and O–H groups in total. The fraction of sp³-hybridized carbons (Fsp3) is 0.590. The highest BCUT2D eigenvalue weighted by Gasteiger charge is 2.63. The second-order valence-corrected chi connectivity index (χ2v) is 16.6. The number of aromatic nitrogens is 3. The number of rotatable bonds is 17. The Labute approximate surface area is 327 Å². The minimum absolute atomic E-state index is 0.0982. The minimum atomic E-state index is -4.51. The lowest BCUT2D eigenvalue weighted by Crippen LogP contribution is -2.47. The molecule has 2 aromatic heterocycles. The van der Waals surface area contributed by atoms with Crippen molar-refractivity contribution >= 4 is 37.0 Å². The van der Waals surface area contributed by atoms with Crippen molar-refractivity contribution in [2.75, 3.05) is 18.9 Å². The van der Waals surface area contributed by atoms with Gasteiger partial charge in [-0.05, 0) is 67.9 Å². The van der Waals surface area contributed by atoms with E-state index in [1.807, 2.05) is 19.9 Å². The number of anilines is 1. The van der Waals surface area contributed by atoms with Crippen molar-refractivity contribution in [3.05, 3.63) is 53.5 Å². The van der Waals surface area contributed by atoms with E-state index in [2.05, 4.69) is 21.2 Å². The summed E-state index contributed by atoms with van der Waals surface area (Å²) in [5.41, 5.74) is 6.32. The molecule has 1 aliphatic heterocycles. The zero-order chi connectivity index (χ0) is 40.8. The van der Waals surface area contributed by atoms with E-state index < -0.39 is 74.1 Å². The monoisotopic (exact) mass is 796 g/mol. The fourth-order valence-electron chi connectivity index (χ4n) is 6.70. The Morgan fingerprint density at radius 1 is 1.04 bits per heavy atom. The molecule has 0 saturated carbocycles. The zero-order valence-corrected chi connectivity index (χ0v) is 34.0. The summed E-state index contributed by atoms with van der Waals surface area (Å²) < 4.78 is 52.6. The van der Waals surface area contributed by atoms with Crippen LogP contribution in [0.1, 0.15) is 91.0 Å². The number of nitriles is 1. The van der Waals surface area contributed by atoms with Crippen molar-refractivity contribution in [2.24, 2.45) is 17.8 Å². The van der Waals surface area contributed by atoms with Gasteiger partial charge in [0.15, 0.2) is 18.0 Å². The fourth-order valence-corrected chi connectivity index (χ4v) is 8.23. The second kappa shape index (κ2) is 18.1. The summed E-state index contributed by atoms with van der Waals surface area (Å²) in [6.45, 7) is 11.5. The van der Waals surface area contributed by atoms with Gasteiger partial charge < -0.3 is 29.2 Å². The maximum atomic E-state index is 14.9. The first kappa shape index (κ1) is 42.6. The van der Waals surface area contributed by atoms with Crippen LogP contribution < -0.4 is 15.3 Å². The summed E-state index contributed by atoms with van der Waals surface area (Å²) >= 11 is 0. The molecular weight excluding hydrogens is 743 g/mol. The first-order valence-corrected chi connectivity index (χ1v) is 20.8. The number of benzene rings is 1. The van der Waals surface area contributed by atoms with Crippen LogP contribution in [-0.4, -0.2) is 70.1 Å². The molecular formula is C39H53N6O10P. The van der Waals surface area contributed by atoms with Crippen LogP contribution in [0.4, 0.5) is 5.82 Å².